The van der Waals surface area contributed by atoms with E-state index in [1.807, 2.05) is 24.3 Å². The summed E-state index contributed by atoms with van der Waals surface area (Å²) in [6.07, 6.45) is -1.56. The molecule has 5 aromatic rings. The number of nitrogens with zero attached hydrogens (tertiary/aromatic N) is 4. The van der Waals surface area contributed by atoms with Gasteiger partial charge < -0.3 is 83.9 Å². The molecule has 32 nitrogen and oxygen atoms in total. The summed E-state index contributed by atoms with van der Waals surface area (Å²) in [4.78, 5) is 173. The van der Waals surface area contributed by atoms with Gasteiger partial charge in [-0.2, -0.15) is 25.3 Å². The van der Waals surface area contributed by atoms with Crippen LogP contribution >= 0.6 is 25.3 Å². The number of H-pyrrole nitrogens is 1. The van der Waals surface area contributed by atoms with E-state index in [2.05, 4.69) is 72.8 Å². The summed E-state index contributed by atoms with van der Waals surface area (Å²) < 4.78 is 0. The minimum Gasteiger partial charge on any atom is -0.480 e. The van der Waals surface area contributed by atoms with Crippen LogP contribution in [0.25, 0.3) is 21.7 Å². The van der Waals surface area contributed by atoms with Gasteiger partial charge in [0.25, 0.3) is 0 Å². The van der Waals surface area contributed by atoms with E-state index < -0.39 is 151 Å². The number of nitrogens with one attached hydrogen (secondary N) is 9. The molecule has 6 rings (SSSR count). The quantitative estimate of drug-likeness (QED) is 0.0140. The Morgan fingerprint density at radius 3 is 1.35 bits per heavy atom. The molecule has 1 aliphatic heterocycles. The van der Waals surface area contributed by atoms with E-state index in [9.17, 15) is 78.6 Å². The number of aliphatic carboxylic acids is 4. The molecule has 1 aromatic heterocycles. The van der Waals surface area contributed by atoms with Crippen LogP contribution in [0.5, 0.6) is 0 Å². The number of hydrogen-bond donors (Lipinski definition) is 18. The number of nitrogens with two attached hydrogens (primary N) is 1. The number of para-hydroxylation sites is 1. The number of hydrogen-bond acceptors (Lipinski definition) is 21. The van der Waals surface area contributed by atoms with E-state index in [1.54, 1.807) is 98.6 Å². The van der Waals surface area contributed by atoms with Crippen molar-refractivity contribution < 1.29 is 88.2 Å². The average Bonchev–Trinajstić information content (AvgIpc) is 1.04. The van der Waals surface area contributed by atoms with Crippen molar-refractivity contribution >= 4 is 144 Å². The topological polar surface area (TPSA) is 477 Å². The van der Waals surface area contributed by atoms with E-state index in [4.69, 9.17) is 5.73 Å². The number of aromatic amines is 1. The van der Waals surface area contributed by atoms with Crippen molar-refractivity contribution in [1.82, 2.24) is 67.1 Å². The van der Waals surface area contributed by atoms with Crippen LogP contribution in [0.1, 0.15) is 49.8 Å². The van der Waals surface area contributed by atoms with Crippen molar-refractivity contribution in [3.63, 3.8) is 0 Å². The second kappa shape index (κ2) is 43.8. The molecule has 0 saturated carbocycles. The number of aliphatic hydroxyl groups excluding tert-OH is 2. The van der Waals surface area contributed by atoms with E-state index >= 15 is 9.59 Å². The van der Waals surface area contributed by atoms with Gasteiger partial charge in [0.1, 0.15) is 42.3 Å². The number of amides is 8. The number of carbonyl (C=O) groups is 12. The summed E-state index contributed by atoms with van der Waals surface area (Å²) in [7, 11) is 0. The maximum absolute atomic E-state index is 15.4. The van der Waals surface area contributed by atoms with Gasteiger partial charge in [0.15, 0.2) is 6.04 Å². The number of benzene rings is 4. The molecule has 17 N–H and O–H groups in total. The van der Waals surface area contributed by atoms with Crippen LogP contribution in [0.4, 0.5) is 0 Å². The SMILES string of the molecule is C[C@@H](O)[C@H](NC(=O)[C@H](CS)NC(=O)[C@@H](NC(=O)[C@H](CCCCN)NC(=O)[C@@H](Cc1c[nH]c2ccccc12)NC(=O)[C@H](Cc1cccc2ccccc12)NC(=O)[C@H](CS)NC(=O)[C@@H](Cc1ccccc1)NC(=O)CN1CCN(CC(=O)O)CCN(CC(=O)O)CCN(CC(=O)O)CC1)[C@@H](C)O)C(=O)O.[111In+3]. The summed E-state index contributed by atoms with van der Waals surface area (Å²) in [5.41, 5.74) is 8.25. The molecule has 2 heterocycles. The van der Waals surface area contributed by atoms with Gasteiger partial charge in [0.2, 0.25) is 47.3 Å². The van der Waals surface area contributed by atoms with Crippen molar-refractivity contribution in [2.75, 3.05) is 96.6 Å². The zero-order valence-corrected chi connectivity index (χ0v) is 62.9. The maximum Gasteiger partial charge on any atom is 3.00 e. The Labute approximate surface area is 630 Å². The molecule has 1 saturated heterocycles. The first-order valence-corrected chi connectivity index (χ1v) is 35.0. The van der Waals surface area contributed by atoms with Crippen molar-refractivity contribution in [3.8, 4) is 0 Å². The van der Waals surface area contributed by atoms with Gasteiger partial charge in [-0.25, -0.2) is 4.79 Å². The molecule has 0 spiro atoms. The van der Waals surface area contributed by atoms with E-state index in [1.165, 1.54) is 6.92 Å². The molecule has 0 aliphatic carbocycles. The zero-order chi connectivity index (χ0) is 75.3. The predicted molar refractivity (Wildman–Crippen MR) is 391 cm³/mol. The molecule has 0 radical (unpaired) electrons. The maximum atomic E-state index is 15.4. The standard InChI is InChI=1S/C69H94N14O18S2.In/c1-41(84)60(68(99)77-55(40-103)67(98)79-61(42(2)85)69(100)101)78-62(93)50(21-10-11-22-70)73-64(95)53(33-46-34-71-49-20-9-8-19-48(46)49)74-65(96)52(32-45-17-12-16-44-15-6-7-18-47(44)45)75-66(97)54(39-102)76-63(94)51(31-43-13-4-3-5-14-43)72-56(86)35-80-23-25-81(36-57(87)88)27-29-83(38-59(91)92)30-28-82(26-24-80)37-58(89)90;/h3-9,12-20,34,41-42,50-55,60-61,71,84-85,102-103H,10-11,21-33,35-40,70H2,1-2H3,(H,72,86)(H,73,95)(H,74,96)(H,75,97)(H,76,94)(H,77,99)(H,78,93)(H,79,98)(H,87,88)(H,89,90)(H,91,92)(H,100,101);/q;+3/t41-,42-,50+,51-,52+,53-,54+,55+,60+,61+;/m1./s1/i;1-4. The number of thiol groups is 2. The first kappa shape index (κ1) is 86.3. The van der Waals surface area contributed by atoms with Gasteiger partial charge in [-0.15, -0.1) is 0 Å². The summed E-state index contributed by atoms with van der Waals surface area (Å²) >= 11 is 8.60. The fourth-order valence-corrected chi connectivity index (χ4v) is 12.2. The zero-order valence-electron chi connectivity index (χ0n) is 57.9. The summed E-state index contributed by atoms with van der Waals surface area (Å²) in [5.74, 6) is -13.1. The van der Waals surface area contributed by atoms with E-state index in [-0.39, 0.29) is 136 Å². The van der Waals surface area contributed by atoms with E-state index in [0.29, 0.717) is 39.4 Å². The fourth-order valence-electron chi connectivity index (χ4n) is 11.7. The Hall–Kier alpha value is -8.39. The second-order valence-electron chi connectivity index (χ2n) is 25.2. The molecule has 104 heavy (non-hydrogen) atoms. The number of fused-ring (bicyclic) bond motifs is 2. The smallest absolute Gasteiger partial charge is 0.480 e. The van der Waals surface area contributed by atoms with Crippen LogP contribution in [-0.2, 0) is 76.8 Å². The average molecular weight is 1580 g/mol. The predicted octanol–water partition coefficient (Wildman–Crippen LogP) is -2.84. The van der Waals surface area contributed by atoms with Gasteiger partial charge >= 0.3 is 49.7 Å². The van der Waals surface area contributed by atoms with Crippen molar-refractivity contribution in [3.05, 3.63) is 120 Å². The molecule has 1 fully saturated rings. The van der Waals surface area contributed by atoms with Crippen molar-refractivity contribution in [2.45, 2.75) is 113 Å². The van der Waals surface area contributed by atoms with Crippen LogP contribution < -0.4 is 48.3 Å². The number of rotatable bonds is 38. The third kappa shape index (κ3) is 27.9. The number of carboxylic acid groups (broad SMARTS) is 4. The molecule has 35 heteroatoms. The van der Waals surface area contributed by atoms with Crippen LogP contribution in [-0.4, -0.2) is 309 Å². The normalized spacial score (nSPS) is 16.4. The van der Waals surface area contributed by atoms with Gasteiger partial charge in [0.05, 0.1) is 38.4 Å². The molecule has 1 aliphatic rings. The van der Waals surface area contributed by atoms with Gasteiger partial charge in [-0.05, 0) is 73.2 Å². The number of aromatic nitrogens is 1. The van der Waals surface area contributed by atoms with Crippen LogP contribution in [0.15, 0.2) is 103 Å². The molecule has 0 unspecified atom stereocenters. The number of unbranched alkanes of at least 4 members (excludes halogenated alkanes) is 1. The molecule has 10 atom stereocenters. The Balaban J connectivity index is 0.0000194. The summed E-state index contributed by atoms with van der Waals surface area (Å²) in [5, 5.41) is 82.5. The molecule has 8 amide bonds. The minimum atomic E-state index is -1.79. The van der Waals surface area contributed by atoms with Crippen LogP contribution in [0.2, 0.25) is 0 Å². The first-order valence-electron chi connectivity index (χ1n) is 33.7. The fraction of sp³-hybridized carbons (Fsp3) is 0.478. The van der Waals surface area contributed by atoms with Crippen LogP contribution in [0.3, 0.4) is 0 Å². The van der Waals surface area contributed by atoms with Gasteiger partial charge in [0, 0.05) is 100 Å². The third-order valence-electron chi connectivity index (χ3n) is 17.3. The summed E-state index contributed by atoms with van der Waals surface area (Å²) in [6, 6.07) is 15.9. The largest absolute Gasteiger partial charge is 3.00 e. The van der Waals surface area contributed by atoms with Gasteiger partial charge in [-0.1, -0.05) is 91.0 Å². The Kier molecular flexibility index (Phi) is 36.3. The number of aliphatic hydroxyl groups is 2. The third-order valence-corrected chi connectivity index (χ3v) is 18.0. The number of carboxylic acids is 4. The van der Waals surface area contributed by atoms with E-state index in [0.717, 1.165) is 12.3 Å². The monoisotopic (exact) mass is 1580 g/mol. The molecule has 560 valence electrons. The molecular weight excluding hydrogens is 1490 g/mol. The Morgan fingerprint density at radius 2 is 0.846 bits per heavy atom. The van der Waals surface area contributed by atoms with Crippen molar-refractivity contribution in [1.29, 1.82) is 0 Å². The number of carbonyl (C=O) groups excluding carboxylic acids is 8. The molecule has 4 aromatic carbocycles. The summed E-state index contributed by atoms with van der Waals surface area (Å²) in [6.45, 7) is 1.91. The minimum absolute atomic E-state index is 0. The second-order valence-corrected chi connectivity index (χ2v) is 26.0. The molecular formula is C69H94InN14O18S2+3. The Morgan fingerprint density at radius 1 is 0.442 bits per heavy atom. The van der Waals surface area contributed by atoms with Gasteiger partial charge in [-0.3, -0.25) is 72.3 Å². The first-order chi connectivity index (χ1) is 49.2. The van der Waals surface area contributed by atoms with Crippen LogP contribution in [0, 0.1) is 0 Å². The molecule has 0 bridgehead atoms. The van der Waals surface area contributed by atoms with Crippen molar-refractivity contribution in [2.24, 2.45) is 5.73 Å². The Bertz CT molecular complexity index is 3690.